The van der Waals surface area contributed by atoms with E-state index in [0.29, 0.717) is 9.70 Å². The fourth-order valence-corrected chi connectivity index (χ4v) is 42.0. The summed E-state index contributed by atoms with van der Waals surface area (Å²) in [5, 5.41) is 0. The number of hydrogen-bond acceptors (Lipinski definition) is 3. The van der Waals surface area contributed by atoms with E-state index in [1.807, 2.05) is 6.08 Å². The molecule has 129 valence electrons. The number of halogens is 3. The van der Waals surface area contributed by atoms with Crippen molar-refractivity contribution >= 4 is 10.9 Å². The summed E-state index contributed by atoms with van der Waals surface area (Å²) >= 11 is -5.72. The summed E-state index contributed by atoms with van der Waals surface area (Å²) in [5.41, 5.74) is 0. The summed E-state index contributed by atoms with van der Waals surface area (Å²) in [7, 11) is -6.67. The Morgan fingerprint density at radius 1 is 0.909 bits per heavy atom. The molecule has 0 spiro atoms. The van der Waals surface area contributed by atoms with Crippen LogP contribution >= 0.6 is 0 Å². The quantitative estimate of drug-likeness (QED) is 0.485. The van der Waals surface area contributed by atoms with E-state index in [2.05, 4.69) is 9.78 Å². The molecule has 0 bridgehead atoms. The molecule has 0 aliphatic heterocycles. The van der Waals surface area contributed by atoms with Crippen LogP contribution in [0, 0.1) is 0 Å². The maximum atomic E-state index is 14.8. The Hall–Kier alpha value is 0.576. The molecule has 1 aliphatic rings. The van der Waals surface area contributed by atoms with Crippen molar-refractivity contribution in [2.45, 2.75) is 66.1 Å². The average Bonchev–Trinajstić information content (AvgIpc) is 2.77. The van der Waals surface area contributed by atoms with Crippen molar-refractivity contribution in [1.29, 1.82) is 0 Å². The predicted octanol–water partition coefficient (Wildman–Crippen LogP) is 3.60. The van der Waals surface area contributed by atoms with E-state index >= 15 is 0 Å². The Morgan fingerprint density at radius 2 is 1.32 bits per heavy atom. The zero-order valence-corrected chi connectivity index (χ0v) is 18.9. The molecular weight excluding hydrogens is 431 g/mol. The standard InChI is InChI=1S/C5H5.3C3H8N.F3Ge.Zr/c1-2-4-5-3-1;3*1-3(2)4;1-4(2)3;/h1-3H,4H2;3*3-4H,1-2H3;;/q;3*-1;;+3. The van der Waals surface area contributed by atoms with Gasteiger partial charge in [-0.05, 0) is 0 Å². The van der Waals surface area contributed by atoms with Gasteiger partial charge in [0.05, 0.1) is 0 Å². The molecule has 1 aliphatic carbocycles. The van der Waals surface area contributed by atoms with Crippen molar-refractivity contribution in [2.24, 2.45) is 0 Å². The SMILES string of the molecule is CC(C)[NH][Zr]([NH]C(C)C)([NH]C(C)C)([C]1=CC=CC1)[Ge]([F])([F])[F]. The topological polar surface area (TPSA) is 36.1 Å². The molecule has 3 N–H and O–H groups in total. The number of rotatable bonds is 8. The van der Waals surface area contributed by atoms with Crippen LogP contribution in [0.1, 0.15) is 48.0 Å². The first-order chi connectivity index (χ1) is 9.94. The number of nitrogens with one attached hydrogen (secondary N) is 3. The Kier molecular flexibility index (Phi) is 6.76. The van der Waals surface area contributed by atoms with Gasteiger partial charge in [0.2, 0.25) is 0 Å². The molecule has 0 atom stereocenters. The van der Waals surface area contributed by atoms with Crippen LogP contribution in [0.4, 0.5) is 10.5 Å². The zero-order valence-electron chi connectivity index (χ0n) is 14.3. The maximum absolute atomic E-state index is 14.8. The van der Waals surface area contributed by atoms with Gasteiger partial charge in [-0.1, -0.05) is 0 Å². The van der Waals surface area contributed by atoms with Crippen LogP contribution in [0.2, 0.25) is 0 Å². The first-order valence-corrected chi connectivity index (χ1v) is 22.6. The molecule has 0 amide bonds. The van der Waals surface area contributed by atoms with E-state index in [0.717, 1.165) is 0 Å². The summed E-state index contributed by atoms with van der Waals surface area (Å²) < 4.78 is 54.2. The third-order valence-electron chi connectivity index (χ3n) is 3.71. The van der Waals surface area contributed by atoms with Gasteiger partial charge in [0.1, 0.15) is 0 Å². The monoisotopic (exact) mass is 460 g/mol. The van der Waals surface area contributed by atoms with Crippen molar-refractivity contribution < 1.29 is 27.6 Å². The second kappa shape index (κ2) is 7.22. The molecule has 22 heavy (non-hydrogen) atoms. The summed E-state index contributed by atoms with van der Waals surface area (Å²) in [4.78, 5) is 0. The summed E-state index contributed by atoms with van der Waals surface area (Å²) in [6.45, 7) is 10.8. The van der Waals surface area contributed by atoms with Gasteiger partial charge in [0, 0.05) is 0 Å². The molecule has 8 heteroatoms. The van der Waals surface area contributed by atoms with Gasteiger partial charge in [-0.15, -0.1) is 0 Å². The van der Waals surface area contributed by atoms with Crippen molar-refractivity contribution in [2.75, 3.05) is 0 Å². The zero-order chi connectivity index (χ0) is 17.2. The van der Waals surface area contributed by atoms with Crippen LogP contribution in [0.25, 0.3) is 0 Å². The molecule has 0 aromatic carbocycles. The molecule has 0 fully saturated rings. The normalized spacial score (nSPS) is 18.2. The molecule has 0 unspecified atom stereocenters. The van der Waals surface area contributed by atoms with E-state index in [1.165, 1.54) is 0 Å². The Morgan fingerprint density at radius 3 is 1.55 bits per heavy atom. The number of hydrogen-bond donors (Lipinski definition) is 3. The Bertz CT molecular complexity index is 429. The summed E-state index contributed by atoms with van der Waals surface area (Å²) in [6.07, 6.45) is 5.64. The molecule has 0 heterocycles. The second-order valence-electron chi connectivity index (χ2n) is 6.97. The molecule has 3 nitrogen and oxygen atoms in total. The Labute approximate surface area is 135 Å². The Balaban J connectivity index is 3.65. The van der Waals surface area contributed by atoms with Gasteiger partial charge in [-0.25, -0.2) is 0 Å². The molecule has 0 radical (unpaired) electrons. The van der Waals surface area contributed by atoms with Gasteiger partial charge >= 0.3 is 136 Å². The van der Waals surface area contributed by atoms with E-state index in [1.54, 1.807) is 53.7 Å². The van der Waals surface area contributed by atoms with Crippen molar-refractivity contribution in [3.63, 3.8) is 0 Å². The van der Waals surface area contributed by atoms with Gasteiger partial charge < -0.3 is 0 Å². The van der Waals surface area contributed by atoms with E-state index in [-0.39, 0.29) is 18.1 Å². The van der Waals surface area contributed by atoms with Crippen molar-refractivity contribution in [3.8, 4) is 0 Å². The van der Waals surface area contributed by atoms with Crippen LogP contribution in [-0.4, -0.2) is 29.0 Å². The first kappa shape index (κ1) is 20.6. The average molecular weight is 460 g/mol. The fraction of sp³-hybridized carbons (Fsp3) is 0.714. The minimum atomic E-state index is -6.67. The molecular formula is C14H29F3GeN3Zr. The van der Waals surface area contributed by atoms with Gasteiger partial charge in [-0.2, -0.15) is 0 Å². The first-order valence-electron chi connectivity index (χ1n) is 7.86. The molecule has 1 rings (SSSR count). The van der Waals surface area contributed by atoms with Crippen LogP contribution < -0.4 is 9.78 Å². The molecule has 0 saturated heterocycles. The van der Waals surface area contributed by atoms with Crippen molar-refractivity contribution in [3.05, 3.63) is 21.5 Å². The van der Waals surface area contributed by atoms with Gasteiger partial charge in [0.15, 0.2) is 0 Å². The fourth-order valence-electron chi connectivity index (χ4n) is 3.38. The van der Waals surface area contributed by atoms with Crippen LogP contribution in [-0.2, 0) is 17.1 Å². The molecule has 0 aromatic rings. The van der Waals surface area contributed by atoms with Crippen LogP contribution in [0.15, 0.2) is 21.5 Å². The summed E-state index contributed by atoms with van der Waals surface area (Å²) in [6, 6.07) is -0.717. The molecule has 0 aromatic heterocycles. The third kappa shape index (κ3) is 3.80. The van der Waals surface area contributed by atoms with Gasteiger partial charge in [0.25, 0.3) is 0 Å². The summed E-state index contributed by atoms with van der Waals surface area (Å²) in [5.74, 6) is 0. The minimum absolute atomic E-state index is 0.239. The number of allylic oxidation sites excluding steroid dienone is 4. The van der Waals surface area contributed by atoms with Crippen LogP contribution in [0.5, 0.6) is 0 Å². The van der Waals surface area contributed by atoms with E-state index < -0.39 is 28.0 Å². The van der Waals surface area contributed by atoms with Crippen LogP contribution in [0.3, 0.4) is 0 Å². The van der Waals surface area contributed by atoms with Gasteiger partial charge in [-0.3, -0.25) is 0 Å². The third-order valence-corrected chi connectivity index (χ3v) is 42.5. The van der Waals surface area contributed by atoms with E-state index in [9.17, 15) is 10.5 Å². The predicted molar refractivity (Wildman–Crippen MR) is 85.7 cm³/mol. The molecule has 0 saturated carbocycles. The second-order valence-corrected chi connectivity index (χ2v) is 38.6. The van der Waals surface area contributed by atoms with E-state index in [4.69, 9.17) is 0 Å². The van der Waals surface area contributed by atoms with Crippen molar-refractivity contribution in [1.82, 2.24) is 9.78 Å².